The van der Waals surface area contributed by atoms with Gasteiger partial charge in [0.2, 0.25) is 0 Å². The molecule has 22 heavy (non-hydrogen) atoms. The van der Waals surface area contributed by atoms with E-state index >= 15 is 0 Å². The Bertz CT molecular complexity index is 707. The number of nitro benzene ring substituents is 1. The van der Waals surface area contributed by atoms with Crippen LogP contribution in [-0.2, 0) is 4.79 Å². The fraction of sp³-hybridized carbons (Fsp3) is 0.286. The van der Waals surface area contributed by atoms with E-state index in [-0.39, 0.29) is 18.2 Å². The van der Waals surface area contributed by atoms with Crippen molar-refractivity contribution in [2.24, 2.45) is 0 Å². The van der Waals surface area contributed by atoms with Crippen molar-refractivity contribution in [1.29, 1.82) is 0 Å². The number of thiazole rings is 1. The number of hydrogen-bond acceptors (Lipinski definition) is 6. The standard InChI is InChI=1S/C14H15N3O4S/c1-8-6-11(4-5-12(8)17(19)20)21-7-13(18)16-14-15-9(2)10(3)22-14/h4-6H,7H2,1-3H3,(H,15,16,18). The highest BCUT2D eigenvalue weighted by Crippen LogP contribution is 2.23. The van der Waals surface area contributed by atoms with Gasteiger partial charge in [-0.05, 0) is 32.9 Å². The first-order valence-corrected chi connectivity index (χ1v) is 7.30. The van der Waals surface area contributed by atoms with Crippen molar-refractivity contribution in [3.8, 4) is 5.75 Å². The summed E-state index contributed by atoms with van der Waals surface area (Å²) in [6.45, 7) is 5.23. The second-order valence-electron chi connectivity index (χ2n) is 4.70. The number of carbonyl (C=O) groups is 1. The number of carbonyl (C=O) groups excluding carboxylic acids is 1. The molecule has 1 aromatic heterocycles. The highest BCUT2D eigenvalue weighted by molar-refractivity contribution is 7.15. The highest BCUT2D eigenvalue weighted by atomic mass is 32.1. The molecule has 0 aliphatic heterocycles. The van der Waals surface area contributed by atoms with Crippen LogP contribution in [0.3, 0.4) is 0 Å². The second kappa shape index (κ2) is 6.52. The number of amides is 1. The molecular weight excluding hydrogens is 306 g/mol. The van der Waals surface area contributed by atoms with Crippen molar-refractivity contribution in [2.45, 2.75) is 20.8 Å². The first kappa shape index (κ1) is 15.9. The fourth-order valence-corrected chi connectivity index (χ4v) is 2.58. The van der Waals surface area contributed by atoms with Gasteiger partial charge in [-0.1, -0.05) is 0 Å². The molecule has 0 aliphatic carbocycles. The number of hydrogen-bond donors (Lipinski definition) is 1. The predicted molar refractivity (Wildman–Crippen MR) is 83.5 cm³/mol. The highest BCUT2D eigenvalue weighted by Gasteiger charge is 2.12. The first-order chi connectivity index (χ1) is 10.4. The summed E-state index contributed by atoms with van der Waals surface area (Å²) in [6, 6.07) is 4.36. The van der Waals surface area contributed by atoms with E-state index in [1.165, 1.54) is 29.5 Å². The summed E-state index contributed by atoms with van der Waals surface area (Å²) >= 11 is 1.40. The lowest BCUT2D eigenvalue weighted by atomic mass is 10.2. The van der Waals surface area contributed by atoms with Gasteiger partial charge in [0.1, 0.15) is 5.75 Å². The van der Waals surface area contributed by atoms with E-state index in [0.29, 0.717) is 16.4 Å². The van der Waals surface area contributed by atoms with Crippen LogP contribution in [-0.4, -0.2) is 22.4 Å². The van der Waals surface area contributed by atoms with Crippen LogP contribution in [0.2, 0.25) is 0 Å². The van der Waals surface area contributed by atoms with Gasteiger partial charge in [0.25, 0.3) is 11.6 Å². The number of nitrogens with one attached hydrogen (secondary N) is 1. The molecule has 7 nitrogen and oxygen atoms in total. The van der Waals surface area contributed by atoms with E-state index in [4.69, 9.17) is 4.74 Å². The third kappa shape index (κ3) is 3.79. The second-order valence-corrected chi connectivity index (χ2v) is 5.91. The molecule has 0 radical (unpaired) electrons. The van der Waals surface area contributed by atoms with Crippen molar-refractivity contribution < 1.29 is 14.5 Å². The molecule has 0 fully saturated rings. The Labute approximate surface area is 131 Å². The van der Waals surface area contributed by atoms with Crippen LogP contribution in [0.5, 0.6) is 5.75 Å². The Morgan fingerprint density at radius 2 is 2.14 bits per heavy atom. The molecule has 1 N–H and O–H groups in total. The van der Waals surface area contributed by atoms with Crippen LogP contribution in [0.4, 0.5) is 10.8 Å². The van der Waals surface area contributed by atoms with Crippen molar-refractivity contribution in [3.63, 3.8) is 0 Å². The smallest absolute Gasteiger partial charge is 0.272 e. The van der Waals surface area contributed by atoms with Crippen molar-refractivity contribution in [1.82, 2.24) is 4.98 Å². The van der Waals surface area contributed by atoms with E-state index in [9.17, 15) is 14.9 Å². The molecule has 1 amide bonds. The molecule has 2 aromatic rings. The first-order valence-electron chi connectivity index (χ1n) is 6.48. The molecule has 0 atom stereocenters. The third-order valence-electron chi connectivity index (χ3n) is 3.01. The molecule has 0 unspecified atom stereocenters. The Kier molecular flexibility index (Phi) is 4.71. The summed E-state index contributed by atoms with van der Waals surface area (Å²) in [5.74, 6) is 0.0782. The molecule has 2 rings (SSSR count). The van der Waals surface area contributed by atoms with Crippen LogP contribution in [0, 0.1) is 30.9 Å². The Morgan fingerprint density at radius 3 is 2.68 bits per heavy atom. The number of anilines is 1. The van der Waals surface area contributed by atoms with E-state index in [0.717, 1.165) is 10.6 Å². The van der Waals surface area contributed by atoms with E-state index in [1.807, 2.05) is 13.8 Å². The third-order valence-corrected chi connectivity index (χ3v) is 4.00. The maximum Gasteiger partial charge on any atom is 0.272 e. The van der Waals surface area contributed by atoms with Gasteiger partial charge < -0.3 is 4.74 Å². The Balaban J connectivity index is 1.93. The molecule has 0 aliphatic rings. The number of nitro groups is 1. The van der Waals surface area contributed by atoms with Gasteiger partial charge in [-0.3, -0.25) is 20.2 Å². The average molecular weight is 321 g/mol. The quantitative estimate of drug-likeness (QED) is 0.675. The van der Waals surface area contributed by atoms with Gasteiger partial charge in [-0.15, -0.1) is 11.3 Å². The molecule has 0 spiro atoms. The molecule has 1 aromatic carbocycles. The van der Waals surface area contributed by atoms with Gasteiger partial charge in [0.05, 0.1) is 10.6 Å². The number of nitrogens with zero attached hydrogens (tertiary/aromatic N) is 2. The zero-order chi connectivity index (χ0) is 16.3. The fourth-order valence-electron chi connectivity index (χ4n) is 1.75. The lowest BCUT2D eigenvalue weighted by molar-refractivity contribution is -0.385. The summed E-state index contributed by atoms with van der Waals surface area (Å²) < 4.78 is 5.33. The van der Waals surface area contributed by atoms with Crippen LogP contribution >= 0.6 is 11.3 Å². The lowest BCUT2D eigenvalue weighted by Crippen LogP contribution is -2.20. The minimum atomic E-state index is -0.459. The average Bonchev–Trinajstić information content (AvgIpc) is 2.74. The number of benzene rings is 1. The SMILES string of the molecule is Cc1cc(OCC(=O)Nc2nc(C)c(C)s2)ccc1[N+](=O)[O-]. The van der Waals surface area contributed by atoms with Crippen LogP contribution in [0.1, 0.15) is 16.1 Å². The van der Waals surface area contributed by atoms with E-state index in [1.54, 1.807) is 6.92 Å². The maximum absolute atomic E-state index is 11.8. The summed E-state index contributed by atoms with van der Waals surface area (Å²) in [6.07, 6.45) is 0. The summed E-state index contributed by atoms with van der Waals surface area (Å²) in [4.78, 5) is 27.3. The lowest BCUT2D eigenvalue weighted by Gasteiger charge is -2.06. The predicted octanol–water partition coefficient (Wildman–Crippen LogP) is 2.99. The number of aryl methyl sites for hydroxylation is 3. The summed E-state index contributed by atoms with van der Waals surface area (Å²) in [7, 11) is 0. The van der Waals surface area contributed by atoms with Crippen LogP contribution in [0.25, 0.3) is 0 Å². The number of ether oxygens (including phenoxy) is 1. The van der Waals surface area contributed by atoms with Gasteiger partial charge in [-0.25, -0.2) is 4.98 Å². The van der Waals surface area contributed by atoms with Crippen molar-refractivity contribution in [3.05, 3.63) is 44.4 Å². The molecule has 0 saturated carbocycles. The molecule has 116 valence electrons. The zero-order valence-corrected chi connectivity index (χ0v) is 13.2. The summed E-state index contributed by atoms with van der Waals surface area (Å²) in [5.41, 5.74) is 1.38. The van der Waals surface area contributed by atoms with Gasteiger partial charge >= 0.3 is 0 Å². The van der Waals surface area contributed by atoms with Crippen LogP contribution < -0.4 is 10.1 Å². The summed E-state index contributed by atoms with van der Waals surface area (Å²) in [5, 5.41) is 13.9. The molecule has 1 heterocycles. The molecule has 0 saturated heterocycles. The van der Waals surface area contributed by atoms with E-state index < -0.39 is 4.92 Å². The molecule has 8 heteroatoms. The monoisotopic (exact) mass is 321 g/mol. The zero-order valence-electron chi connectivity index (χ0n) is 12.4. The normalized spacial score (nSPS) is 10.3. The van der Waals surface area contributed by atoms with Gasteiger partial charge in [0.15, 0.2) is 11.7 Å². The van der Waals surface area contributed by atoms with Gasteiger partial charge in [0, 0.05) is 16.5 Å². The minimum absolute atomic E-state index is 0.0190. The number of rotatable bonds is 5. The van der Waals surface area contributed by atoms with Crippen molar-refractivity contribution >= 4 is 28.1 Å². The van der Waals surface area contributed by atoms with Crippen molar-refractivity contribution in [2.75, 3.05) is 11.9 Å². The molecular formula is C14H15N3O4S. The number of aromatic nitrogens is 1. The van der Waals surface area contributed by atoms with Gasteiger partial charge in [-0.2, -0.15) is 0 Å². The Morgan fingerprint density at radius 1 is 1.41 bits per heavy atom. The topological polar surface area (TPSA) is 94.4 Å². The maximum atomic E-state index is 11.8. The van der Waals surface area contributed by atoms with E-state index in [2.05, 4.69) is 10.3 Å². The molecule has 0 bridgehead atoms. The largest absolute Gasteiger partial charge is 0.484 e. The Hall–Kier alpha value is -2.48. The minimum Gasteiger partial charge on any atom is -0.484 e. The van der Waals surface area contributed by atoms with Crippen LogP contribution in [0.15, 0.2) is 18.2 Å².